The first kappa shape index (κ1) is 13.2. The highest BCUT2D eigenvalue weighted by Gasteiger charge is 2.22. The Morgan fingerprint density at radius 3 is 2.89 bits per heavy atom. The largest absolute Gasteiger partial charge is 0.368 e. The summed E-state index contributed by atoms with van der Waals surface area (Å²) in [5.41, 5.74) is 2.18. The highest BCUT2D eigenvalue weighted by Crippen LogP contribution is 2.29. The first-order valence-corrected chi connectivity index (χ1v) is 7.91. The van der Waals surface area contributed by atoms with E-state index < -0.39 is 0 Å². The molecule has 1 unspecified atom stereocenters. The number of rotatable bonds is 2. The molecule has 5 heteroatoms. The van der Waals surface area contributed by atoms with Crippen LogP contribution in [0.15, 0.2) is 34.1 Å². The standard InChI is InChI=1S/C14H15BrN2OS/c1-17-6-7-18-13(8-17)14-16-12(9-19-14)10-2-4-11(15)5-3-10/h2-5,9,13H,6-8H2,1H3. The lowest BCUT2D eigenvalue weighted by molar-refractivity contribution is -0.0209. The molecule has 0 amide bonds. The predicted octanol–water partition coefficient (Wildman–Crippen LogP) is 3.58. The van der Waals surface area contributed by atoms with Gasteiger partial charge in [0.2, 0.25) is 0 Å². The van der Waals surface area contributed by atoms with Crippen molar-refractivity contribution in [2.24, 2.45) is 0 Å². The van der Waals surface area contributed by atoms with Crippen LogP contribution in [0.3, 0.4) is 0 Å². The minimum atomic E-state index is 0.118. The van der Waals surface area contributed by atoms with E-state index in [9.17, 15) is 0 Å². The molecule has 1 aliphatic rings. The van der Waals surface area contributed by atoms with Crippen molar-refractivity contribution in [2.45, 2.75) is 6.10 Å². The summed E-state index contributed by atoms with van der Waals surface area (Å²) >= 11 is 5.13. The van der Waals surface area contributed by atoms with E-state index in [1.165, 1.54) is 0 Å². The molecule has 1 atom stereocenters. The normalized spacial score (nSPS) is 20.6. The molecule has 1 saturated heterocycles. The zero-order valence-corrected chi connectivity index (χ0v) is 13.1. The number of thiazole rings is 1. The summed E-state index contributed by atoms with van der Waals surface area (Å²) in [6, 6.07) is 8.24. The molecule has 0 N–H and O–H groups in total. The molecule has 1 aromatic heterocycles. The van der Waals surface area contributed by atoms with Crippen LogP contribution in [0.5, 0.6) is 0 Å². The van der Waals surface area contributed by atoms with Crippen molar-refractivity contribution >= 4 is 27.3 Å². The Balaban J connectivity index is 1.81. The highest BCUT2D eigenvalue weighted by atomic mass is 79.9. The Morgan fingerprint density at radius 1 is 1.37 bits per heavy atom. The summed E-state index contributed by atoms with van der Waals surface area (Å²) < 4.78 is 6.89. The Morgan fingerprint density at radius 2 is 2.16 bits per heavy atom. The monoisotopic (exact) mass is 338 g/mol. The van der Waals surface area contributed by atoms with E-state index in [4.69, 9.17) is 9.72 Å². The van der Waals surface area contributed by atoms with Crippen molar-refractivity contribution in [1.29, 1.82) is 0 Å². The average molecular weight is 339 g/mol. The van der Waals surface area contributed by atoms with Crippen molar-refractivity contribution in [3.05, 3.63) is 39.1 Å². The van der Waals surface area contributed by atoms with Gasteiger partial charge in [-0.25, -0.2) is 4.98 Å². The van der Waals surface area contributed by atoms with Crippen LogP contribution in [-0.4, -0.2) is 36.6 Å². The van der Waals surface area contributed by atoms with Gasteiger partial charge in [0, 0.05) is 28.5 Å². The molecule has 0 aliphatic carbocycles. The smallest absolute Gasteiger partial charge is 0.124 e. The van der Waals surface area contributed by atoms with E-state index in [1.54, 1.807) is 11.3 Å². The summed E-state index contributed by atoms with van der Waals surface area (Å²) in [5, 5.41) is 3.18. The van der Waals surface area contributed by atoms with Crippen molar-refractivity contribution in [3.8, 4) is 11.3 Å². The first-order valence-electron chi connectivity index (χ1n) is 6.24. The van der Waals surface area contributed by atoms with Crippen LogP contribution in [0, 0.1) is 0 Å². The SMILES string of the molecule is CN1CCOC(c2nc(-c3ccc(Br)cc3)cs2)C1. The topological polar surface area (TPSA) is 25.4 Å². The molecular weight excluding hydrogens is 324 g/mol. The third-order valence-electron chi connectivity index (χ3n) is 3.21. The molecule has 0 spiro atoms. The van der Waals surface area contributed by atoms with Gasteiger partial charge in [0.1, 0.15) is 11.1 Å². The molecular formula is C14H15BrN2OS. The van der Waals surface area contributed by atoms with Crippen molar-refractivity contribution < 1.29 is 4.74 Å². The third kappa shape index (κ3) is 3.05. The van der Waals surface area contributed by atoms with Gasteiger partial charge in [-0.2, -0.15) is 0 Å². The maximum atomic E-state index is 5.80. The number of hydrogen-bond donors (Lipinski definition) is 0. The zero-order valence-electron chi connectivity index (χ0n) is 10.7. The highest BCUT2D eigenvalue weighted by molar-refractivity contribution is 9.10. The molecule has 0 radical (unpaired) electrons. The third-order valence-corrected chi connectivity index (χ3v) is 4.67. The molecule has 19 heavy (non-hydrogen) atoms. The van der Waals surface area contributed by atoms with E-state index in [0.717, 1.165) is 40.4 Å². The average Bonchev–Trinajstić information content (AvgIpc) is 2.89. The maximum Gasteiger partial charge on any atom is 0.124 e. The Hall–Kier alpha value is -0.750. The second-order valence-corrected chi connectivity index (χ2v) is 6.50. The molecule has 2 aromatic rings. The van der Waals surface area contributed by atoms with E-state index in [2.05, 4.69) is 45.4 Å². The zero-order chi connectivity index (χ0) is 13.2. The summed E-state index contributed by atoms with van der Waals surface area (Å²) in [6.07, 6.45) is 0.118. The molecule has 100 valence electrons. The lowest BCUT2D eigenvalue weighted by atomic mass is 10.2. The van der Waals surface area contributed by atoms with Gasteiger partial charge in [0.05, 0.1) is 12.3 Å². The molecule has 2 heterocycles. The van der Waals surface area contributed by atoms with Crippen LogP contribution in [0.25, 0.3) is 11.3 Å². The predicted molar refractivity (Wildman–Crippen MR) is 81.4 cm³/mol. The fourth-order valence-electron chi connectivity index (χ4n) is 2.12. The number of nitrogens with zero attached hydrogens (tertiary/aromatic N) is 2. The van der Waals surface area contributed by atoms with Gasteiger partial charge < -0.3 is 9.64 Å². The molecule has 1 fully saturated rings. The van der Waals surface area contributed by atoms with Gasteiger partial charge in [-0.3, -0.25) is 0 Å². The minimum Gasteiger partial charge on any atom is -0.368 e. The van der Waals surface area contributed by atoms with Crippen molar-refractivity contribution in [2.75, 3.05) is 26.7 Å². The minimum absolute atomic E-state index is 0.118. The number of likely N-dealkylation sites (N-methyl/N-ethyl adjacent to an activating group) is 1. The van der Waals surface area contributed by atoms with Gasteiger partial charge in [-0.05, 0) is 19.2 Å². The van der Waals surface area contributed by atoms with Crippen LogP contribution in [0.4, 0.5) is 0 Å². The number of ether oxygens (including phenoxy) is 1. The van der Waals surface area contributed by atoms with Gasteiger partial charge in [0.25, 0.3) is 0 Å². The summed E-state index contributed by atoms with van der Waals surface area (Å²) in [7, 11) is 2.12. The van der Waals surface area contributed by atoms with Crippen LogP contribution in [-0.2, 0) is 4.74 Å². The fourth-order valence-corrected chi connectivity index (χ4v) is 3.25. The van der Waals surface area contributed by atoms with E-state index >= 15 is 0 Å². The number of halogens is 1. The lowest BCUT2D eigenvalue weighted by Crippen LogP contribution is -2.35. The van der Waals surface area contributed by atoms with Crippen LogP contribution >= 0.6 is 27.3 Å². The van der Waals surface area contributed by atoms with E-state index in [-0.39, 0.29) is 6.10 Å². The van der Waals surface area contributed by atoms with E-state index in [0.29, 0.717) is 0 Å². The number of morpholine rings is 1. The lowest BCUT2D eigenvalue weighted by Gasteiger charge is -2.28. The number of hydrogen-bond acceptors (Lipinski definition) is 4. The second kappa shape index (κ2) is 5.71. The second-order valence-electron chi connectivity index (χ2n) is 4.70. The maximum absolute atomic E-state index is 5.80. The van der Waals surface area contributed by atoms with Crippen molar-refractivity contribution in [3.63, 3.8) is 0 Å². The fraction of sp³-hybridized carbons (Fsp3) is 0.357. The summed E-state index contributed by atoms with van der Waals surface area (Å²) in [6.45, 7) is 2.71. The van der Waals surface area contributed by atoms with Crippen LogP contribution in [0.1, 0.15) is 11.1 Å². The molecule has 3 nitrogen and oxygen atoms in total. The van der Waals surface area contributed by atoms with Crippen LogP contribution < -0.4 is 0 Å². The van der Waals surface area contributed by atoms with Crippen LogP contribution in [0.2, 0.25) is 0 Å². The molecule has 1 aliphatic heterocycles. The summed E-state index contributed by atoms with van der Waals surface area (Å²) in [5.74, 6) is 0. The van der Waals surface area contributed by atoms with E-state index in [1.807, 2.05) is 12.1 Å². The number of benzene rings is 1. The van der Waals surface area contributed by atoms with Gasteiger partial charge >= 0.3 is 0 Å². The molecule has 0 saturated carbocycles. The summed E-state index contributed by atoms with van der Waals surface area (Å²) in [4.78, 5) is 7.01. The Labute approximate surface area is 125 Å². The number of aromatic nitrogens is 1. The Bertz CT molecular complexity index is 555. The van der Waals surface area contributed by atoms with Gasteiger partial charge in [-0.15, -0.1) is 11.3 Å². The molecule has 1 aromatic carbocycles. The Kier molecular flexibility index (Phi) is 3.98. The van der Waals surface area contributed by atoms with Gasteiger partial charge in [0.15, 0.2) is 0 Å². The van der Waals surface area contributed by atoms with Crippen molar-refractivity contribution in [1.82, 2.24) is 9.88 Å². The quantitative estimate of drug-likeness (QED) is 0.836. The molecule has 3 rings (SSSR count). The first-order chi connectivity index (χ1) is 9.22. The van der Waals surface area contributed by atoms with Gasteiger partial charge in [-0.1, -0.05) is 28.1 Å². The molecule has 0 bridgehead atoms.